The lowest BCUT2D eigenvalue weighted by atomic mass is 9.97. The molecule has 3 aromatic rings. The molecule has 0 unspecified atom stereocenters. The van der Waals surface area contributed by atoms with Crippen LogP contribution in [0.3, 0.4) is 0 Å². The number of amides is 1. The molecule has 28 heavy (non-hydrogen) atoms. The van der Waals surface area contributed by atoms with Crippen molar-refractivity contribution >= 4 is 11.8 Å². The van der Waals surface area contributed by atoms with Gasteiger partial charge in [-0.25, -0.2) is 9.78 Å². The van der Waals surface area contributed by atoms with Gasteiger partial charge in [0.1, 0.15) is 5.82 Å². The highest BCUT2D eigenvalue weighted by atomic mass is 16.4. The van der Waals surface area contributed by atoms with Gasteiger partial charge in [0.25, 0.3) is 0 Å². The highest BCUT2D eigenvalue weighted by molar-refractivity contribution is 5.67. The van der Waals surface area contributed by atoms with E-state index in [4.69, 9.17) is 5.73 Å². The molecule has 0 aliphatic carbocycles. The molecule has 3 N–H and O–H groups in total. The summed E-state index contributed by atoms with van der Waals surface area (Å²) in [6.07, 6.45) is 3.10. The van der Waals surface area contributed by atoms with Crippen LogP contribution in [0.1, 0.15) is 38.2 Å². The Morgan fingerprint density at radius 3 is 2.36 bits per heavy atom. The molecule has 0 fully saturated rings. The Morgan fingerprint density at radius 1 is 1.14 bits per heavy atom. The Labute approximate surface area is 165 Å². The highest BCUT2D eigenvalue weighted by Gasteiger charge is 2.36. The Bertz CT molecular complexity index is 927. The van der Waals surface area contributed by atoms with Crippen molar-refractivity contribution in [3.05, 3.63) is 78.4 Å². The Hall–Kier alpha value is -3.28. The van der Waals surface area contributed by atoms with E-state index in [0.29, 0.717) is 17.9 Å². The lowest BCUT2D eigenvalue weighted by Crippen LogP contribution is -2.48. The molecule has 146 valence electrons. The summed E-state index contributed by atoms with van der Waals surface area (Å²) >= 11 is 0. The van der Waals surface area contributed by atoms with Crippen LogP contribution < -0.4 is 5.73 Å². The van der Waals surface area contributed by atoms with Crippen molar-refractivity contribution in [2.75, 3.05) is 5.73 Å². The van der Waals surface area contributed by atoms with Crippen molar-refractivity contribution in [3.8, 4) is 5.69 Å². The molecule has 3 rings (SSSR count). The second-order valence-electron chi connectivity index (χ2n) is 7.78. The van der Waals surface area contributed by atoms with Crippen LogP contribution in [0.25, 0.3) is 5.69 Å². The molecular formula is C22H26N4O2. The van der Waals surface area contributed by atoms with Crippen molar-refractivity contribution in [1.82, 2.24) is 14.5 Å². The van der Waals surface area contributed by atoms with Gasteiger partial charge in [0.05, 0.1) is 6.04 Å². The maximum atomic E-state index is 12.2. The average molecular weight is 378 g/mol. The number of anilines is 1. The first kappa shape index (κ1) is 19.5. The predicted octanol–water partition coefficient (Wildman–Crippen LogP) is 4.52. The predicted molar refractivity (Wildman–Crippen MR) is 110 cm³/mol. The molecule has 1 heterocycles. The minimum absolute atomic E-state index is 0.451. The van der Waals surface area contributed by atoms with Gasteiger partial charge in [-0.15, -0.1) is 0 Å². The number of carbonyl (C=O) groups is 1. The second-order valence-corrected chi connectivity index (χ2v) is 7.78. The van der Waals surface area contributed by atoms with E-state index in [2.05, 4.69) is 4.98 Å². The number of imidazole rings is 1. The number of benzene rings is 2. The second kappa shape index (κ2) is 7.76. The van der Waals surface area contributed by atoms with Crippen LogP contribution in [0.5, 0.6) is 0 Å². The lowest BCUT2D eigenvalue weighted by molar-refractivity contribution is 0.0663. The first-order valence-electron chi connectivity index (χ1n) is 9.22. The molecule has 1 amide bonds. The zero-order chi connectivity index (χ0) is 20.3. The highest BCUT2D eigenvalue weighted by Crippen LogP contribution is 2.32. The van der Waals surface area contributed by atoms with E-state index >= 15 is 0 Å². The molecule has 1 atom stereocenters. The average Bonchev–Trinajstić information content (AvgIpc) is 3.11. The topological polar surface area (TPSA) is 84.4 Å². The summed E-state index contributed by atoms with van der Waals surface area (Å²) in [5.41, 5.74) is 7.83. The van der Waals surface area contributed by atoms with E-state index in [9.17, 15) is 9.90 Å². The van der Waals surface area contributed by atoms with E-state index in [-0.39, 0.29) is 0 Å². The lowest BCUT2D eigenvalue weighted by Gasteiger charge is -2.39. The van der Waals surface area contributed by atoms with E-state index in [1.807, 2.05) is 86.1 Å². The zero-order valence-corrected chi connectivity index (χ0v) is 16.4. The van der Waals surface area contributed by atoms with Crippen LogP contribution in [0.2, 0.25) is 0 Å². The van der Waals surface area contributed by atoms with Crippen molar-refractivity contribution < 1.29 is 9.90 Å². The van der Waals surface area contributed by atoms with Gasteiger partial charge in [-0.2, -0.15) is 0 Å². The van der Waals surface area contributed by atoms with E-state index in [0.717, 1.165) is 11.3 Å². The van der Waals surface area contributed by atoms with Gasteiger partial charge in [-0.05, 0) is 50.6 Å². The molecular weight excluding hydrogens is 352 g/mol. The number of carboxylic acid groups (broad SMARTS) is 1. The fraction of sp³-hybridized carbons (Fsp3) is 0.273. The number of hydrogen-bond acceptors (Lipinski definition) is 3. The normalized spacial score (nSPS) is 12.5. The van der Waals surface area contributed by atoms with Gasteiger partial charge >= 0.3 is 6.09 Å². The number of rotatable bonds is 5. The largest absolute Gasteiger partial charge is 0.465 e. The summed E-state index contributed by atoms with van der Waals surface area (Å²) in [6, 6.07) is 16.9. The SMILES string of the molecule is CC(C)(C)N(C(=O)O)[C@@H](Cc1ccccc1)c1nccn1-c1ccc(N)cc1. The third-order valence-electron chi connectivity index (χ3n) is 4.65. The van der Waals surface area contributed by atoms with Crippen LogP contribution in [0.4, 0.5) is 10.5 Å². The van der Waals surface area contributed by atoms with Crippen LogP contribution in [-0.4, -0.2) is 31.2 Å². The van der Waals surface area contributed by atoms with E-state index in [1.54, 1.807) is 6.20 Å². The first-order valence-corrected chi connectivity index (χ1v) is 9.22. The molecule has 0 aliphatic heterocycles. The van der Waals surface area contributed by atoms with Gasteiger partial charge in [-0.1, -0.05) is 30.3 Å². The number of nitrogens with zero attached hydrogens (tertiary/aromatic N) is 3. The summed E-state index contributed by atoms with van der Waals surface area (Å²) in [7, 11) is 0. The van der Waals surface area contributed by atoms with Crippen LogP contribution in [-0.2, 0) is 6.42 Å². The summed E-state index contributed by atoms with van der Waals surface area (Å²) in [6.45, 7) is 5.70. The Balaban J connectivity index is 2.11. The van der Waals surface area contributed by atoms with E-state index < -0.39 is 17.7 Å². The minimum Gasteiger partial charge on any atom is -0.465 e. The summed E-state index contributed by atoms with van der Waals surface area (Å²) < 4.78 is 1.93. The number of hydrogen-bond donors (Lipinski definition) is 2. The van der Waals surface area contributed by atoms with Crippen LogP contribution >= 0.6 is 0 Å². The first-order chi connectivity index (χ1) is 13.3. The fourth-order valence-corrected chi connectivity index (χ4v) is 3.44. The van der Waals surface area contributed by atoms with Gasteiger partial charge < -0.3 is 15.4 Å². The van der Waals surface area contributed by atoms with Crippen LogP contribution in [0, 0.1) is 0 Å². The molecule has 0 bridgehead atoms. The monoisotopic (exact) mass is 378 g/mol. The van der Waals surface area contributed by atoms with Crippen molar-refractivity contribution in [2.24, 2.45) is 0 Å². The smallest absolute Gasteiger partial charge is 0.408 e. The van der Waals surface area contributed by atoms with E-state index in [1.165, 1.54) is 4.90 Å². The molecule has 0 saturated carbocycles. The number of nitrogen functional groups attached to an aromatic ring is 1. The maximum Gasteiger partial charge on any atom is 0.408 e. The van der Waals surface area contributed by atoms with Gasteiger partial charge in [-0.3, -0.25) is 4.90 Å². The molecule has 6 heteroatoms. The molecule has 6 nitrogen and oxygen atoms in total. The third-order valence-corrected chi connectivity index (χ3v) is 4.65. The minimum atomic E-state index is -0.972. The Morgan fingerprint density at radius 2 is 1.79 bits per heavy atom. The van der Waals surface area contributed by atoms with Gasteiger partial charge in [0.15, 0.2) is 0 Å². The maximum absolute atomic E-state index is 12.2. The number of aromatic nitrogens is 2. The molecule has 0 radical (unpaired) electrons. The molecule has 0 aliphatic rings. The van der Waals surface area contributed by atoms with Crippen molar-refractivity contribution in [2.45, 2.75) is 38.8 Å². The fourth-order valence-electron chi connectivity index (χ4n) is 3.44. The summed E-state index contributed by atoms with van der Waals surface area (Å²) in [4.78, 5) is 18.3. The van der Waals surface area contributed by atoms with Gasteiger partial charge in [0.2, 0.25) is 0 Å². The van der Waals surface area contributed by atoms with Crippen LogP contribution in [0.15, 0.2) is 67.0 Å². The number of nitrogens with two attached hydrogens (primary N) is 1. The quantitative estimate of drug-likeness (QED) is 0.640. The van der Waals surface area contributed by atoms with Crippen molar-refractivity contribution in [3.63, 3.8) is 0 Å². The molecule has 1 aromatic heterocycles. The zero-order valence-electron chi connectivity index (χ0n) is 16.4. The Kier molecular flexibility index (Phi) is 5.40. The van der Waals surface area contributed by atoms with Gasteiger partial charge in [0, 0.05) is 35.7 Å². The van der Waals surface area contributed by atoms with Crippen molar-refractivity contribution in [1.29, 1.82) is 0 Å². The molecule has 0 spiro atoms. The summed E-state index contributed by atoms with van der Waals surface area (Å²) in [5.74, 6) is 0.672. The molecule has 0 saturated heterocycles. The standard InChI is InChI=1S/C22H26N4O2/c1-22(2,3)26(21(27)28)19(15-16-7-5-4-6-8-16)20-24-13-14-25(20)18-11-9-17(23)10-12-18/h4-14,19H,15,23H2,1-3H3,(H,27,28)/t19-/m0/s1. The summed E-state index contributed by atoms with van der Waals surface area (Å²) in [5, 5.41) is 10.0. The molecule has 2 aromatic carbocycles. The third kappa shape index (κ3) is 4.17.